The number of aromatic nitrogens is 2. The molecule has 0 saturated carbocycles. The summed E-state index contributed by atoms with van der Waals surface area (Å²) in [7, 11) is -2.05. The molecule has 1 aliphatic rings. The van der Waals surface area contributed by atoms with Crippen molar-refractivity contribution in [3.63, 3.8) is 0 Å². The van der Waals surface area contributed by atoms with Crippen LogP contribution in [0.5, 0.6) is 0 Å². The molecule has 1 unspecified atom stereocenters. The number of nitrogens with one attached hydrogen (secondary N) is 1. The van der Waals surface area contributed by atoms with E-state index in [0.717, 1.165) is 9.21 Å². The van der Waals surface area contributed by atoms with Gasteiger partial charge in [0.05, 0.1) is 25.5 Å². The minimum absolute atomic E-state index is 0.110. The van der Waals surface area contributed by atoms with Gasteiger partial charge >= 0.3 is 0 Å². The summed E-state index contributed by atoms with van der Waals surface area (Å²) in [5.74, 6) is 0. The number of rotatable bonds is 5. The molecule has 0 aliphatic carbocycles. The molecule has 9 heteroatoms. The van der Waals surface area contributed by atoms with Crippen molar-refractivity contribution in [3.05, 3.63) is 12.4 Å². The van der Waals surface area contributed by atoms with Crippen molar-refractivity contribution in [2.24, 2.45) is 5.14 Å². The zero-order valence-corrected chi connectivity index (χ0v) is 13.3. The summed E-state index contributed by atoms with van der Waals surface area (Å²) in [5.41, 5.74) is 0.418. The Morgan fingerprint density at radius 3 is 2.71 bits per heavy atom. The fourth-order valence-electron chi connectivity index (χ4n) is 2.64. The SMILES string of the molecule is CC(C)n1cc(N(C[C@@H]2C[C@@H](F)C[NH+]2C)S(N)(=O)=O)cn1. The number of anilines is 1. The van der Waals surface area contributed by atoms with Gasteiger partial charge in [-0.1, -0.05) is 0 Å². The molecule has 2 heterocycles. The Labute approximate surface area is 124 Å². The maximum atomic E-state index is 13.4. The number of alkyl halides is 1. The number of likely N-dealkylation sites (N-methyl/N-ethyl adjacent to an activating group) is 1. The maximum absolute atomic E-state index is 13.4. The van der Waals surface area contributed by atoms with Crippen molar-refractivity contribution in [3.8, 4) is 0 Å². The molecule has 0 bridgehead atoms. The molecule has 3 atom stereocenters. The van der Waals surface area contributed by atoms with Gasteiger partial charge in [0.25, 0.3) is 10.2 Å². The average molecular weight is 320 g/mol. The van der Waals surface area contributed by atoms with Crippen LogP contribution in [-0.2, 0) is 10.2 Å². The quantitative estimate of drug-likeness (QED) is 0.737. The lowest BCUT2D eigenvalue weighted by molar-refractivity contribution is -0.891. The number of hydrogen-bond donors (Lipinski definition) is 2. The third-order valence-electron chi connectivity index (χ3n) is 3.88. The van der Waals surface area contributed by atoms with Gasteiger partial charge in [0.2, 0.25) is 0 Å². The number of nitrogens with two attached hydrogens (primary N) is 1. The van der Waals surface area contributed by atoms with Crippen LogP contribution >= 0.6 is 0 Å². The molecule has 0 amide bonds. The Morgan fingerprint density at radius 1 is 1.62 bits per heavy atom. The zero-order chi connectivity index (χ0) is 15.8. The van der Waals surface area contributed by atoms with E-state index in [1.807, 2.05) is 20.9 Å². The predicted octanol–water partition coefficient (Wildman–Crippen LogP) is -0.901. The largest absolute Gasteiger partial charge is 0.331 e. The topological polar surface area (TPSA) is 85.7 Å². The molecule has 0 spiro atoms. The fourth-order valence-corrected chi connectivity index (χ4v) is 3.41. The van der Waals surface area contributed by atoms with Crippen LogP contribution in [0.1, 0.15) is 26.3 Å². The van der Waals surface area contributed by atoms with E-state index in [1.165, 1.54) is 6.20 Å². The Bertz CT molecular complexity index is 588. The standard InChI is InChI=1S/C12H22FN5O2S/c1-9(2)17-7-12(5-15-17)18(21(14,19)20)8-11-4-10(13)6-16(11)3/h5,7,9-11H,4,6,8H2,1-3H3,(H2,14,19,20)/p+1/t10-,11+/m1/s1. The van der Waals surface area contributed by atoms with Crippen LogP contribution < -0.4 is 14.3 Å². The van der Waals surface area contributed by atoms with Crippen LogP contribution in [0.3, 0.4) is 0 Å². The summed E-state index contributed by atoms with van der Waals surface area (Å²) < 4.78 is 39.9. The van der Waals surface area contributed by atoms with Gasteiger partial charge in [-0.3, -0.25) is 4.68 Å². The molecule has 3 N–H and O–H groups in total. The van der Waals surface area contributed by atoms with Crippen LogP contribution in [0.4, 0.5) is 10.1 Å². The highest BCUT2D eigenvalue weighted by Crippen LogP contribution is 2.19. The first-order valence-electron chi connectivity index (χ1n) is 6.99. The van der Waals surface area contributed by atoms with E-state index in [4.69, 9.17) is 5.14 Å². The van der Waals surface area contributed by atoms with Gasteiger partial charge in [0.1, 0.15) is 12.6 Å². The van der Waals surface area contributed by atoms with Crippen molar-refractivity contribution < 1.29 is 17.7 Å². The van der Waals surface area contributed by atoms with E-state index in [9.17, 15) is 12.8 Å². The van der Waals surface area contributed by atoms with E-state index in [1.54, 1.807) is 10.9 Å². The summed E-state index contributed by atoms with van der Waals surface area (Å²) in [6.07, 6.45) is 2.57. The van der Waals surface area contributed by atoms with Crippen molar-refractivity contribution in [2.75, 3.05) is 24.4 Å². The Kier molecular flexibility index (Phi) is 4.54. The maximum Gasteiger partial charge on any atom is 0.299 e. The van der Waals surface area contributed by atoms with E-state index in [2.05, 4.69) is 5.10 Å². The highest BCUT2D eigenvalue weighted by molar-refractivity contribution is 7.90. The van der Waals surface area contributed by atoms with Crippen LogP contribution in [-0.4, -0.2) is 50.5 Å². The summed E-state index contributed by atoms with van der Waals surface area (Å²) in [4.78, 5) is 0.979. The summed E-state index contributed by atoms with van der Waals surface area (Å²) >= 11 is 0. The summed E-state index contributed by atoms with van der Waals surface area (Å²) in [6, 6.07) is 0.0109. The predicted molar refractivity (Wildman–Crippen MR) is 78.1 cm³/mol. The molecular weight excluding hydrogens is 297 g/mol. The van der Waals surface area contributed by atoms with Crippen molar-refractivity contribution in [2.45, 2.75) is 38.5 Å². The Hall–Kier alpha value is -1.19. The molecule has 7 nitrogen and oxygen atoms in total. The van der Waals surface area contributed by atoms with Gasteiger partial charge in [0.15, 0.2) is 6.17 Å². The average Bonchev–Trinajstić information content (AvgIpc) is 2.91. The first-order chi connectivity index (χ1) is 9.68. The molecule has 1 aromatic rings. The van der Waals surface area contributed by atoms with Crippen molar-refractivity contribution in [1.29, 1.82) is 0 Å². The summed E-state index contributed by atoms with van der Waals surface area (Å²) in [6.45, 7) is 4.45. The molecule has 1 aromatic heterocycles. The zero-order valence-electron chi connectivity index (χ0n) is 12.5. The van der Waals surface area contributed by atoms with Gasteiger partial charge in [-0.2, -0.15) is 13.5 Å². The number of hydrogen-bond acceptors (Lipinski definition) is 3. The molecular formula is C12H23FN5O2S+. The summed E-state index contributed by atoms with van der Waals surface area (Å²) in [5, 5.41) is 9.45. The monoisotopic (exact) mass is 320 g/mol. The van der Waals surface area contributed by atoms with Crippen LogP contribution in [0.25, 0.3) is 0 Å². The number of nitrogens with zero attached hydrogens (tertiary/aromatic N) is 3. The molecule has 1 fully saturated rings. The van der Waals surface area contributed by atoms with Gasteiger partial charge in [-0.05, 0) is 13.8 Å². The van der Waals surface area contributed by atoms with Gasteiger partial charge in [-0.25, -0.2) is 13.8 Å². The van der Waals surface area contributed by atoms with Crippen LogP contribution in [0.2, 0.25) is 0 Å². The lowest BCUT2D eigenvalue weighted by Gasteiger charge is -2.25. The van der Waals surface area contributed by atoms with E-state index in [-0.39, 0.29) is 18.6 Å². The fraction of sp³-hybridized carbons (Fsp3) is 0.750. The highest BCUT2D eigenvalue weighted by Gasteiger charge is 2.37. The molecule has 0 radical (unpaired) electrons. The molecule has 0 aromatic carbocycles. The van der Waals surface area contributed by atoms with Crippen LogP contribution in [0.15, 0.2) is 12.4 Å². The van der Waals surface area contributed by atoms with Gasteiger partial charge in [0, 0.05) is 18.7 Å². The first-order valence-corrected chi connectivity index (χ1v) is 8.49. The highest BCUT2D eigenvalue weighted by atomic mass is 32.2. The van der Waals surface area contributed by atoms with Crippen molar-refractivity contribution >= 4 is 15.9 Å². The second kappa shape index (κ2) is 5.90. The van der Waals surface area contributed by atoms with Crippen LogP contribution in [0, 0.1) is 0 Å². The molecule has 1 aliphatic heterocycles. The van der Waals surface area contributed by atoms with Gasteiger partial charge < -0.3 is 4.90 Å². The number of halogens is 1. The van der Waals surface area contributed by atoms with Gasteiger partial charge in [-0.15, -0.1) is 0 Å². The Morgan fingerprint density at radius 2 is 2.29 bits per heavy atom. The number of quaternary nitrogens is 1. The van der Waals surface area contributed by atoms with E-state index >= 15 is 0 Å². The van der Waals surface area contributed by atoms with E-state index < -0.39 is 16.4 Å². The smallest absolute Gasteiger partial charge is 0.299 e. The van der Waals surface area contributed by atoms with E-state index in [0.29, 0.717) is 18.7 Å². The van der Waals surface area contributed by atoms with Crippen molar-refractivity contribution in [1.82, 2.24) is 9.78 Å². The molecule has 120 valence electrons. The minimum atomic E-state index is -3.91. The lowest BCUT2D eigenvalue weighted by Crippen LogP contribution is -3.11. The normalized spacial score (nSPS) is 26.5. The second-order valence-corrected chi connectivity index (χ2v) is 7.40. The number of likely N-dealkylation sites (tertiary alicyclic amines) is 1. The minimum Gasteiger partial charge on any atom is -0.331 e. The second-order valence-electron chi connectivity index (χ2n) is 5.93. The Balaban J connectivity index is 2.23. The lowest BCUT2D eigenvalue weighted by atomic mass is 10.2. The molecule has 21 heavy (non-hydrogen) atoms. The molecule has 1 saturated heterocycles. The first kappa shape index (κ1) is 16.2. The molecule has 2 rings (SSSR count). The third-order valence-corrected chi connectivity index (χ3v) is 4.85. The third kappa shape index (κ3) is 3.72.